The van der Waals surface area contributed by atoms with Gasteiger partial charge in [0.05, 0.1) is 25.0 Å². The van der Waals surface area contributed by atoms with Crippen molar-refractivity contribution >= 4 is 23.6 Å². The van der Waals surface area contributed by atoms with Crippen molar-refractivity contribution in [3.8, 4) is 11.4 Å². The van der Waals surface area contributed by atoms with Crippen molar-refractivity contribution in [2.24, 2.45) is 0 Å². The van der Waals surface area contributed by atoms with Crippen molar-refractivity contribution in [1.82, 2.24) is 30.2 Å². The number of aromatic amines is 1. The number of hydrogen-bond acceptors (Lipinski definition) is 6. The summed E-state index contributed by atoms with van der Waals surface area (Å²) in [5, 5.41) is 14.7. The maximum Gasteiger partial charge on any atom is 0.334 e. The zero-order valence-corrected chi connectivity index (χ0v) is 21.2. The van der Waals surface area contributed by atoms with Crippen LogP contribution in [0.25, 0.3) is 17.5 Å². The number of imidazole rings is 1. The summed E-state index contributed by atoms with van der Waals surface area (Å²) in [6, 6.07) is 15.6. The molecule has 8 nitrogen and oxygen atoms in total. The number of tetrazole rings is 1. The lowest BCUT2D eigenvalue weighted by molar-refractivity contribution is -0.138. The summed E-state index contributed by atoms with van der Waals surface area (Å²) < 4.78 is 7.49. The third kappa shape index (κ3) is 6.26. The molecule has 1 N–H and O–H groups in total. The van der Waals surface area contributed by atoms with E-state index in [9.17, 15) is 4.79 Å². The minimum absolute atomic E-state index is 0.314. The van der Waals surface area contributed by atoms with Crippen LogP contribution in [0.1, 0.15) is 49.3 Å². The number of benzene rings is 2. The number of nitrogens with one attached hydrogen (secondary N) is 1. The molecular formula is C27H29ClN6O2. The second kappa shape index (κ2) is 12.3. The zero-order valence-electron chi connectivity index (χ0n) is 20.4. The van der Waals surface area contributed by atoms with Gasteiger partial charge in [-0.3, -0.25) is 0 Å². The SMILES string of the molecule is CCCCc1ncc(/C=C(\Cc2ccccc2)C(=O)OCC)n1Cc1ccc(-c2nn[nH]n2)cc1Cl. The highest BCUT2D eigenvalue weighted by Crippen LogP contribution is 2.26. The first-order valence-electron chi connectivity index (χ1n) is 12.1. The van der Waals surface area contributed by atoms with Crippen LogP contribution in [0.15, 0.2) is 60.3 Å². The third-order valence-corrected chi connectivity index (χ3v) is 6.16. The molecule has 186 valence electrons. The summed E-state index contributed by atoms with van der Waals surface area (Å²) in [6.07, 6.45) is 7.07. The Morgan fingerprint density at radius 1 is 1.17 bits per heavy atom. The van der Waals surface area contributed by atoms with Crippen molar-refractivity contribution in [2.75, 3.05) is 6.61 Å². The number of nitrogens with zero attached hydrogens (tertiary/aromatic N) is 5. The Morgan fingerprint density at radius 2 is 2.00 bits per heavy atom. The molecule has 4 rings (SSSR count). The fourth-order valence-corrected chi connectivity index (χ4v) is 4.17. The molecule has 0 aliphatic rings. The van der Waals surface area contributed by atoms with Crippen molar-refractivity contribution < 1.29 is 9.53 Å². The predicted octanol–water partition coefficient (Wildman–Crippen LogP) is 5.30. The first-order chi connectivity index (χ1) is 17.6. The number of aromatic nitrogens is 6. The fraction of sp³-hybridized carbons (Fsp3) is 0.296. The Morgan fingerprint density at radius 3 is 2.69 bits per heavy atom. The van der Waals surface area contributed by atoms with E-state index in [0.717, 1.165) is 47.5 Å². The van der Waals surface area contributed by atoms with Crippen LogP contribution in [0.2, 0.25) is 5.02 Å². The number of halogens is 1. The molecule has 0 unspecified atom stereocenters. The molecule has 0 amide bonds. The van der Waals surface area contributed by atoms with Crippen LogP contribution < -0.4 is 0 Å². The number of H-pyrrole nitrogens is 1. The number of carbonyl (C=O) groups is 1. The smallest absolute Gasteiger partial charge is 0.334 e. The van der Waals surface area contributed by atoms with Crippen LogP contribution in [-0.2, 0) is 28.9 Å². The molecule has 2 aromatic carbocycles. The molecule has 0 aliphatic heterocycles. The van der Waals surface area contributed by atoms with Gasteiger partial charge in [0.2, 0.25) is 5.82 Å². The summed E-state index contributed by atoms with van der Waals surface area (Å²) in [5.74, 6) is 1.11. The van der Waals surface area contributed by atoms with Crippen molar-refractivity contribution in [3.63, 3.8) is 0 Å². The molecule has 4 aromatic rings. The van der Waals surface area contributed by atoms with E-state index in [0.29, 0.717) is 36.0 Å². The van der Waals surface area contributed by atoms with E-state index >= 15 is 0 Å². The Hall–Kier alpha value is -3.78. The molecule has 0 saturated carbocycles. The van der Waals surface area contributed by atoms with Gasteiger partial charge in [0.25, 0.3) is 0 Å². The molecule has 0 spiro atoms. The van der Waals surface area contributed by atoms with Crippen LogP contribution in [-0.4, -0.2) is 42.8 Å². The van der Waals surface area contributed by atoms with Gasteiger partial charge in [-0.1, -0.05) is 67.4 Å². The highest BCUT2D eigenvalue weighted by atomic mass is 35.5. The van der Waals surface area contributed by atoms with Gasteiger partial charge in [0.15, 0.2) is 0 Å². The van der Waals surface area contributed by atoms with Crippen LogP contribution in [0.3, 0.4) is 0 Å². The van der Waals surface area contributed by atoms with Crippen LogP contribution in [0.4, 0.5) is 0 Å². The minimum atomic E-state index is -0.327. The predicted molar refractivity (Wildman–Crippen MR) is 139 cm³/mol. The van der Waals surface area contributed by atoms with Gasteiger partial charge in [0.1, 0.15) is 5.82 Å². The number of rotatable bonds is 11. The first kappa shape index (κ1) is 25.3. The number of aryl methyl sites for hydroxylation is 1. The molecular weight excluding hydrogens is 476 g/mol. The third-order valence-electron chi connectivity index (χ3n) is 5.81. The highest BCUT2D eigenvalue weighted by Gasteiger charge is 2.16. The zero-order chi connectivity index (χ0) is 25.3. The maximum absolute atomic E-state index is 12.8. The number of esters is 1. The average molecular weight is 505 g/mol. The van der Waals surface area contributed by atoms with Gasteiger partial charge >= 0.3 is 5.97 Å². The number of unbranched alkanes of at least 4 members (excludes halogenated alkanes) is 1. The minimum Gasteiger partial charge on any atom is -0.463 e. The van der Waals surface area contributed by atoms with E-state index in [4.69, 9.17) is 21.3 Å². The van der Waals surface area contributed by atoms with E-state index in [-0.39, 0.29) is 5.97 Å². The molecule has 0 atom stereocenters. The second-order valence-corrected chi connectivity index (χ2v) is 8.79. The topological polar surface area (TPSA) is 98.6 Å². The molecule has 2 heterocycles. The number of hydrogen-bond donors (Lipinski definition) is 1. The monoisotopic (exact) mass is 504 g/mol. The van der Waals surface area contributed by atoms with Gasteiger partial charge in [0, 0.05) is 29.0 Å². The van der Waals surface area contributed by atoms with Gasteiger partial charge in [-0.05, 0) is 41.8 Å². The van der Waals surface area contributed by atoms with Crippen molar-refractivity contribution in [3.05, 3.63) is 88.0 Å². The maximum atomic E-state index is 12.8. The summed E-state index contributed by atoms with van der Waals surface area (Å²) in [7, 11) is 0. The van der Waals surface area contributed by atoms with Gasteiger partial charge in [-0.25, -0.2) is 9.78 Å². The summed E-state index contributed by atoms with van der Waals surface area (Å²) in [6.45, 7) is 4.79. The standard InChI is InChI=1S/C27H29ClN6O2/c1-3-5-11-25-29-17-23(15-22(27(35)36-4-2)14-19-9-7-6-8-10-19)34(25)18-21-13-12-20(16-24(21)28)26-30-32-33-31-26/h6-10,12-13,15-17H,3-5,11,14,18H2,1-2H3,(H,30,31,32,33)/b22-15+. The molecule has 0 aliphatic carbocycles. The largest absolute Gasteiger partial charge is 0.463 e. The average Bonchev–Trinajstić information content (AvgIpc) is 3.55. The van der Waals surface area contributed by atoms with Crippen LogP contribution in [0, 0.1) is 0 Å². The van der Waals surface area contributed by atoms with Crippen molar-refractivity contribution in [1.29, 1.82) is 0 Å². The van der Waals surface area contributed by atoms with E-state index in [1.165, 1.54) is 0 Å². The first-order valence-corrected chi connectivity index (χ1v) is 12.4. The summed E-state index contributed by atoms with van der Waals surface area (Å²) in [4.78, 5) is 17.5. The van der Waals surface area contributed by atoms with Crippen LogP contribution >= 0.6 is 11.6 Å². The van der Waals surface area contributed by atoms with E-state index in [1.54, 1.807) is 0 Å². The lowest BCUT2D eigenvalue weighted by Crippen LogP contribution is -2.12. The molecule has 0 bridgehead atoms. The Kier molecular flexibility index (Phi) is 8.62. The molecule has 2 aromatic heterocycles. The lowest BCUT2D eigenvalue weighted by Gasteiger charge is -2.14. The molecule has 36 heavy (non-hydrogen) atoms. The van der Waals surface area contributed by atoms with Gasteiger partial charge in [-0.15, -0.1) is 10.2 Å². The fourth-order valence-electron chi connectivity index (χ4n) is 3.93. The lowest BCUT2D eigenvalue weighted by atomic mass is 10.0. The Labute approximate surface area is 215 Å². The van der Waals surface area contributed by atoms with Gasteiger partial charge < -0.3 is 9.30 Å². The van der Waals surface area contributed by atoms with Crippen molar-refractivity contribution in [2.45, 2.75) is 46.1 Å². The molecule has 0 radical (unpaired) electrons. The van der Waals surface area contributed by atoms with E-state index in [1.807, 2.05) is 67.7 Å². The number of ether oxygens (including phenoxy) is 1. The Balaban J connectivity index is 1.70. The van der Waals surface area contributed by atoms with E-state index in [2.05, 4.69) is 32.1 Å². The normalized spacial score (nSPS) is 11.6. The van der Waals surface area contributed by atoms with E-state index < -0.39 is 0 Å². The summed E-state index contributed by atoms with van der Waals surface area (Å²) in [5.41, 5.74) is 4.15. The molecule has 9 heteroatoms. The Bertz CT molecular complexity index is 1320. The molecule has 0 saturated heterocycles. The number of carbonyl (C=O) groups excluding carboxylic acids is 1. The quantitative estimate of drug-likeness (QED) is 0.220. The van der Waals surface area contributed by atoms with Gasteiger partial charge in [-0.2, -0.15) is 5.21 Å². The summed E-state index contributed by atoms with van der Waals surface area (Å²) >= 11 is 6.67. The van der Waals surface area contributed by atoms with Crippen LogP contribution in [0.5, 0.6) is 0 Å². The molecule has 0 fully saturated rings. The second-order valence-electron chi connectivity index (χ2n) is 8.38. The highest BCUT2D eigenvalue weighted by molar-refractivity contribution is 6.31.